The predicted molar refractivity (Wildman–Crippen MR) is 74.7 cm³/mol. The topological polar surface area (TPSA) is 101 Å². The Balaban J connectivity index is 2.42. The molecule has 2 aromatic rings. The Kier molecular flexibility index (Phi) is 3.42. The number of hydrogen-bond donors (Lipinski definition) is 3. The lowest BCUT2D eigenvalue weighted by Gasteiger charge is -2.10. The lowest BCUT2D eigenvalue weighted by molar-refractivity contribution is 0.600. The molecule has 0 spiro atoms. The molecule has 0 bridgehead atoms. The van der Waals surface area contributed by atoms with E-state index in [9.17, 15) is 8.42 Å². The van der Waals surface area contributed by atoms with Gasteiger partial charge in [0, 0.05) is 5.02 Å². The average Bonchev–Trinajstić information content (AvgIpc) is 2.63. The van der Waals surface area contributed by atoms with Crippen molar-refractivity contribution in [1.82, 2.24) is 10.2 Å². The van der Waals surface area contributed by atoms with Crippen molar-refractivity contribution in [2.45, 2.75) is 18.7 Å². The summed E-state index contributed by atoms with van der Waals surface area (Å²) in [5.74, 6) is 0. The quantitative estimate of drug-likeness (QED) is 0.755. The maximum absolute atomic E-state index is 12.3. The summed E-state index contributed by atoms with van der Waals surface area (Å²) in [6.07, 6.45) is 0. The SMILES string of the molecule is Cc1n[nH]c(C)c1S(=O)(=O)Nc1ccc(Cl)cc1N. The molecule has 0 aliphatic heterocycles. The summed E-state index contributed by atoms with van der Waals surface area (Å²) >= 11 is 5.77. The molecule has 0 saturated carbocycles. The highest BCUT2D eigenvalue weighted by Crippen LogP contribution is 2.26. The van der Waals surface area contributed by atoms with Crippen LogP contribution in [-0.2, 0) is 10.0 Å². The molecule has 8 heteroatoms. The van der Waals surface area contributed by atoms with Gasteiger partial charge in [-0.1, -0.05) is 11.6 Å². The number of nitrogens with two attached hydrogens (primary N) is 1. The van der Waals surface area contributed by atoms with Gasteiger partial charge < -0.3 is 5.73 Å². The molecule has 19 heavy (non-hydrogen) atoms. The number of nitrogen functional groups attached to an aromatic ring is 1. The molecule has 0 aliphatic carbocycles. The Morgan fingerprint density at radius 2 is 2.05 bits per heavy atom. The van der Waals surface area contributed by atoms with Crippen LogP contribution in [0.5, 0.6) is 0 Å². The van der Waals surface area contributed by atoms with Crippen molar-refractivity contribution in [3.8, 4) is 0 Å². The highest BCUT2D eigenvalue weighted by atomic mass is 35.5. The van der Waals surface area contributed by atoms with Gasteiger partial charge in [-0.25, -0.2) is 8.42 Å². The molecule has 0 atom stereocenters. The summed E-state index contributed by atoms with van der Waals surface area (Å²) < 4.78 is 27.0. The van der Waals surface area contributed by atoms with E-state index in [1.807, 2.05) is 0 Å². The number of nitrogens with zero attached hydrogens (tertiary/aromatic N) is 1. The summed E-state index contributed by atoms with van der Waals surface area (Å²) in [5.41, 5.74) is 7.13. The van der Waals surface area contributed by atoms with E-state index in [0.717, 1.165) is 0 Å². The molecule has 102 valence electrons. The van der Waals surface area contributed by atoms with E-state index < -0.39 is 10.0 Å². The largest absolute Gasteiger partial charge is 0.397 e. The first kappa shape index (κ1) is 13.7. The van der Waals surface area contributed by atoms with Crippen molar-refractivity contribution >= 4 is 33.0 Å². The number of rotatable bonds is 3. The fraction of sp³-hybridized carbons (Fsp3) is 0.182. The summed E-state index contributed by atoms with van der Waals surface area (Å²) in [6, 6.07) is 4.55. The summed E-state index contributed by atoms with van der Waals surface area (Å²) in [6.45, 7) is 3.25. The first-order chi connectivity index (χ1) is 8.81. The molecule has 0 radical (unpaired) electrons. The normalized spacial score (nSPS) is 11.5. The van der Waals surface area contributed by atoms with E-state index in [1.165, 1.54) is 12.1 Å². The van der Waals surface area contributed by atoms with Crippen LogP contribution < -0.4 is 10.5 Å². The summed E-state index contributed by atoms with van der Waals surface area (Å²) in [5, 5.41) is 6.94. The van der Waals surface area contributed by atoms with E-state index in [1.54, 1.807) is 19.9 Å². The molecule has 6 nitrogen and oxygen atoms in total. The van der Waals surface area contributed by atoms with E-state index in [-0.39, 0.29) is 16.3 Å². The Morgan fingerprint density at radius 3 is 2.58 bits per heavy atom. The minimum Gasteiger partial charge on any atom is -0.397 e. The molecule has 0 unspecified atom stereocenters. The Morgan fingerprint density at radius 1 is 1.37 bits per heavy atom. The van der Waals surface area contributed by atoms with E-state index in [0.29, 0.717) is 16.4 Å². The van der Waals surface area contributed by atoms with E-state index in [2.05, 4.69) is 14.9 Å². The molecular weight excluding hydrogens is 288 g/mol. The fourth-order valence-corrected chi connectivity index (χ4v) is 3.40. The number of nitrogens with one attached hydrogen (secondary N) is 2. The van der Waals surface area contributed by atoms with E-state index in [4.69, 9.17) is 17.3 Å². The van der Waals surface area contributed by atoms with E-state index >= 15 is 0 Å². The fourth-order valence-electron chi connectivity index (χ4n) is 1.76. The number of hydrogen-bond acceptors (Lipinski definition) is 4. The van der Waals surface area contributed by atoms with Crippen LogP contribution >= 0.6 is 11.6 Å². The van der Waals surface area contributed by atoms with Crippen LogP contribution in [0, 0.1) is 13.8 Å². The average molecular weight is 301 g/mol. The van der Waals surface area contributed by atoms with Gasteiger partial charge in [-0.05, 0) is 32.0 Å². The van der Waals surface area contributed by atoms with Gasteiger partial charge in [-0.15, -0.1) is 0 Å². The third kappa shape index (κ3) is 2.66. The molecule has 2 rings (SSSR count). The van der Waals surface area contributed by atoms with Crippen molar-refractivity contribution in [3.63, 3.8) is 0 Å². The number of aryl methyl sites for hydroxylation is 2. The molecule has 0 fully saturated rings. The minimum absolute atomic E-state index is 0.127. The van der Waals surface area contributed by atoms with Crippen molar-refractivity contribution in [3.05, 3.63) is 34.6 Å². The maximum atomic E-state index is 12.3. The zero-order valence-corrected chi connectivity index (χ0v) is 11.9. The summed E-state index contributed by atoms with van der Waals surface area (Å²) in [4.78, 5) is 0.127. The standard InChI is InChI=1S/C11H13ClN4O2S/c1-6-11(7(2)15-14-6)19(17,18)16-10-4-3-8(12)5-9(10)13/h3-5,16H,13H2,1-2H3,(H,14,15). The van der Waals surface area contributed by atoms with Crippen LogP contribution in [0.4, 0.5) is 11.4 Å². The van der Waals surface area contributed by atoms with Gasteiger partial charge in [-0.2, -0.15) is 5.10 Å². The monoisotopic (exact) mass is 300 g/mol. The van der Waals surface area contributed by atoms with Crippen molar-refractivity contribution < 1.29 is 8.42 Å². The summed E-state index contributed by atoms with van der Waals surface area (Å²) in [7, 11) is -3.73. The van der Waals surface area contributed by atoms with Crippen molar-refractivity contribution in [2.75, 3.05) is 10.5 Å². The second-order valence-electron chi connectivity index (χ2n) is 4.10. The van der Waals surface area contributed by atoms with Gasteiger partial charge in [-0.3, -0.25) is 9.82 Å². The molecular formula is C11H13ClN4O2S. The lowest BCUT2D eigenvalue weighted by atomic mass is 10.3. The second-order valence-corrected chi connectivity index (χ2v) is 6.16. The van der Waals surface area contributed by atoms with Crippen LogP contribution in [-0.4, -0.2) is 18.6 Å². The number of aromatic nitrogens is 2. The minimum atomic E-state index is -3.73. The van der Waals surface area contributed by atoms with Gasteiger partial charge in [0.1, 0.15) is 4.90 Å². The smallest absolute Gasteiger partial charge is 0.265 e. The molecule has 4 N–H and O–H groups in total. The number of sulfonamides is 1. The van der Waals surface area contributed by atoms with Crippen LogP contribution in [0.1, 0.15) is 11.4 Å². The Hall–Kier alpha value is -1.73. The van der Waals surface area contributed by atoms with Crippen molar-refractivity contribution in [1.29, 1.82) is 0 Å². The number of benzene rings is 1. The molecule has 0 amide bonds. The Labute approximate surface area is 116 Å². The zero-order chi connectivity index (χ0) is 14.2. The Bertz CT molecular complexity index is 705. The number of aromatic amines is 1. The van der Waals surface area contributed by atoms with Gasteiger partial charge in [0.2, 0.25) is 0 Å². The highest BCUT2D eigenvalue weighted by Gasteiger charge is 2.22. The van der Waals surface area contributed by atoms with Gasteiger partial charge in [0.05, 0.1) is 22.8 Å². The predicted octanol–water partition coefficient (Wildman–Crippen LogP) is 2.06. The van der Waals surface area contributed by atoms with Crippen LogP contribution in [0.3, 0.4) is 0 Å². The van der Waals surface area contributed by atoms with Crippen LogP contribution in [0.25, 0.3) is 0 Å². The van der Waals surface area contributed by atoms with Crippen LogP contribution in [0.15, 0.2) is 23.1 Å². The van der Waals surface area contributed by atoms with Gasteiger partial charge in [0.15, 0.2) is 0 Å². The molecule has 1 aromatic carbocycles. The second kappa shape index (κ2) is 4.75. The lowest BCUT2D eigenvalue weighted by Crippen LogP contribution is -2.15. The number of halogens is 1. The molecule has 1 aromatic heterocycles. The van der Waals surface area contributed by atoms with Crippen LogP contribution in [0.2, 0.25) is 5.02 Å². The van der Waals surface area contributed by atoms with Gasteiger partial charge >= 0.3 is 0 Å². The van der Waals surface area contributed by atoms with Gasteiger partial charge in [0.25, 0.3) is 10.0 Å². The molecule has 1 heterocycles. The molecule has 0 saturated heterocycles. The first-order valence-corrected chi connectivity index (χ1v) is 7.27. The highest BCUT2D eigenvalue weighted by molar-refractivity contribution is 7.92. The third-order valence-electron chi connectivity index (χ3n) is 2.59. The first-order valence-electron chi connectivity index (χ1n) is 5.40. The third-order valence-corrected chi connectivity index (χ3v) is 4.45. The maximum Gasteiger partial charge on any atom is 0.265 e. The zero-order valence-electron chi connectivity index (χ0n) is 10.4. The number of H-pyrrole nitrogens is 1. The number of anilines is 2. The molecule has 0 aliphatic rings. The van der Waals surface area contributed by atoms with Crippen molar-refractivity contribution in [2.24, 2.45) is 0 Å².